The van der Waals surface area contributed by atoms with E-state index in [9.17, 15) is 14.4 Å². The van der Waals surface area contributed by atoms with Crippen molar-refractivity contribution >= 4 is 17.8 Å². The van der Waals surface area contributed by atoms with E-state index in [2.05, 4.69) is 10.6 Å². The molecule has 0 aromatic rings. The molecule has 1 atom stereocenters. The lowest BCUT2D eigenvalue weighted by molar-refractivity contribution is -0.135. The van der Waals surface area contributed by atoms with Crippen molar-refractivity contribution in [1.82, 2.24) is 15.5 Å². The van der Waals surface area contributed by atoms with Crippen LogP contribution in [0, 0.1) is 29.1 Å². The molecule has 6 heteroatoms. The number of urea groups is 1. The summed E-state index contributed by atoms with van der Waals surface area (Å²) in [6, 6.07) is -0.422. The number of nitrogens with one attached hydrogen (secondary N) is 2. The first-order valence-electron chi connectivity index (χ1n) is 10.3. The molecule has 0 aromatic carbocycles. The Labute approximate surface area is 154 Å². The molecule has 6 fully saturated rings. The van der Waals surface area contributed by atoms with Gasteiger partial charge in [0.2, 0.25) is 5.91 Å². The number of nitrogens with zero attached hydrogens (tertiary/aromatic N) is 1. The highest BCUT2D eigenvalue weighted by molar-refractivity contribution is 6.09. The topological polar surface area (TPSA) is 78.5 Å². The van der Waals surface area contributed by atoms with Crippen LogP contribution < -0.4 is 10.6 Å². The maximum absolute atomic E-state index is 12.6. The number of amides is 4. The first kappa shape index (κ1) is 16.6. The maximum Gasteiger partial charge on any atom is 0.325 e. The molecule has 0 aromatic heterocycles. The fourth-order valence-corrected chi connectivity index (χ4v) is 6.79. The highest BCUT2D eigenvalue weighted by atomic mass is 16.2. The normalized spacial score (nSPS) is 43.7. The first-order valence-corrected chi connectivity index (χ1v) is 10.3. The molecule has 6 nitrogen and oxygen atoms in total. The van der Waals surface area contributed by atoms with E-state index >= 15 is 0 Å². The molecule has 1 saturated heterocycles. The second kappa shape index (κ2) is 5.46. The molecule has 26 heavy (non-hydrogen) atoms. The van der Waals surface area contributed by atoms with E-state index in [1.807, 2.05) is 0 Å². The predicted octanol–water partition coefficient (Wildman–Crippen LogP) is 2.04. The highest BCUT2D eigenvalue weighted by Crippen LogP contribution is 2.59. The van der Waals surface area contributed by atoms with Crippen molar-refractivity contribution in [2.24, 2.45) is 29.1 Å². The minimum Gasteiger partial charge on any atom is -0.354 e. The summed E-state index contributed by atoms with van der Waals surface area (Å²) in [5, 5.41) is 5.87. The molecule has 142 valence electrons. The van der Waals surface area contributed by atoms with Gasteiger partial charge in [-0.1, -0.05) is 0 Å². The summed E-state index contributed by atoms with van der Waals surface area (Å²) in [6.07, 6.45) is 9.80. The second-order valence-corrected chi connectivity index (χ2v) is 9.99. The Balaban J connectivity index is 1.19. The van der Waals surface area contributed by atoms with Gasteiger partial charge in [-0.25, -0.2) is 4.79 Å². The van der Waals surface area contributed by atoms with Crippen molar-refractivity contribution in [2.45, 2.75) is 63.8 Å². The molecule has 1 heterocycles. The monoisotopic (exact) mass is 359 g/mol. The molecule has 0 radical (unpaired) electrons. The van der Waals surface area contributed by atoms with Crippen LogP contribution in [0.5, 0.6) is 0 Å². The molecule has 5 aliphatic carbocycles. The molecule has 0 spiro atoms. The van der Waals surface area contributed by atoms with Crippen molar-refractivity contribution in [2.75, 3.05) is 13.1 Å². The molecule has 4 bridgehead atoms. The lowest BCUT2D eigenvalue weighted by Crippen LogP contribution is -2.52. The van der Waals surface area contributed by atoms with Crippen LogP contribution in [0.4, 0.5) is 4.79 Å². The van der Waals surface area contributed by atoms with Gasteiger partial charge in [-0.15, -0.1) is 0 Å². The van der Waals surface area contributed by atoms with Gasteiger partial charge in [-0.3, -0.25) is 14.5 Å². The number of rotatable bonds is 5. The lowest BCUT2D eigenvalue weighted by Gasteiger charge is -2.56. The summed E-state index contributed by atoms with van der Waals surface area (Å²) in [5.74, 6) is 2.33. The SMILES string of the molecule is C[C@]1(C2CC2)NC(=O)N(CC(=O)NCC23CC4CC(CC(C4)C2)C3)C1=O. The highest BCUT2D eigenvalue weighted by Gasteiger charge is 2.56. The summed E-state index contributed by atoms with van der Waals surface area (Å²) in [7, 11) is 0. The Morgan fingerprint density at radius 2 is 1.69 bits per heavy atom. The van der Waals surface area contributed by atoms with Crippen molar-refractivity contribution < 1.29 is 14.4 Å². The maximum atomic E-state index is 12.6. The fraction of sp³-hybridized carbons (Fsp3) is 0.850. The van der Waals surface area contributed by atoms with E-state index < -0.39 is 11.6 Å². The zero-order valence-electron chi connectivity index (χ0n) is 15.6. The molecule has 6 rings (SSSR count). The van der Waals surface area contributed by atoms with Gasteiger partial charge < -0.3 is 10.6 Å². The van der Waals surface area contributed by atoms with Crippen LogP contribution in [0.2, 0.25) is 0 Å². The van der Waals surface area contributed by atoms with Crippen molar-refractivity contribution in [3.05, 3.63) is 0 Å². The van der Waals surface area contributed by atoms with E-state index in [0.717, 1.165) is 35.5 Å². The smallest absolute Gasteiger partial charge is 0.325 e. The molecule has 5 saturated carbocycles. The summed E-state index contributed by atoms with van der Waals surface area (Å²) < 4.78 is 0. The van der Waals surface area contributed by atoms with Crippen LogP contribution in [0.3, 0.4) is 0 Å². The number of carbonyl (C=O) groups excluding carboxylic acids is 3. The van der Waals surface area contributed by atoms with Gasteiger partial charge in [0.05, 0.1) is 0 Å². The Morgan fingerprint density at radius 1 is 1.12 bits per heavy atom. The summed E-state index contributed by atoms with van der Waals surface area (Å²) in [6.45, 7) is 2.34. The molecule has 6 aliphatic rings. The van der Waals surface area contributed by atoms with Gasteiger partial charge in [-0.05, 0) is 87.4 Å². The lowest BCUT2D eigenvalue weighted by atomic mass is 9.49. The largest absolute Gasteiger partial charge is 0.354 e. The number of hydrogen-bond acceptors (Lipinski definition) is 3. The van der Waals surface area contributed by atoms with Crippen molar-refractivity contribution in [3.8, 4) is 0 Å². The number of carbonyl (C=O) groups is 3. The zero-order chi connectivity index (χ0) is 18.1. The average molecular weight is 359 g/mol. The van der Waals surface area contributed by atoms with Gasteiger partial charge in [0.1, 0.15) is 12.1 Å². The van der Waals surface area contributed by atoms with E-state index in [1.165, 1.54) is 38.5 Å². The van der Waals surface area contributed by atoms with Crippen LogP contribution in [0.1, 0.15) is 58.3 Å². The molecule has 1 aliphatic heterocycles. The van der Waals surface area contributed by atoms with Gasteiger partial charge in [0, 0.05) is 6.54 Å². The molecule has 4 amide bonds. The van der Waals surface area contributed by atoms with Crippen LogP contribution in [0.25, 0.3) is 0 Å². The Kier molecular flexibility index (Phi) is 3.48. The first-order chi connectivity index (χ1) is 12.4. The van der Waals surface area contributed by atoms with Gasteiger partial charge in [-0.2, -0.15) is 0 Å². The molecule has 0 unspecified atom stereocenters. The zero-order valence-corrected chi connectivity index (χ0v) is 15.6. The van der Waals surface area contributed by atoms with Crippen molar-refractivity contribution in [1.29, 1.82) is 0 Å². The Morgan fingerprint density at radius 3 is 2.23 bits per heavy atom. The number of hydrogen-bond donors (Lipinski definition) is 2. The van der Waals surface area contributed by atoms with E-state index in [4.69, 9.17) is 0 Å². The molecular weight excluding hydrogens is 330 g/mol. The van der Waals surface area contributed by atoms with Crippen LogP contribution >= 0.6 is 0 Å². The molecular formula is C20H29N3O3. The third kappa shape index (κ3) is 2.55. The third-order valence-electron chi connectivity index (χ3n) is 7.82. The van der Waals surface area contributed by atoms with Crippen LogP contribution in [-0.4, -0.2) is 41.4 Å². The van der Waals surface area contributed by atoms with Crippen LogP contribution in [0.15, 0.2) is 0 Å². The standard InChI is InChI=1S/C20H29N3O3/c1-19(15-2-3-15)17(25)23(18(26)22-19)10-16(24)21-11-20-7-12-4-13(8-20)6-14(5-12)9-20/h12-15H,2-11H2,1H3,(H,21,24)(H,22,26)/t12?,13?,14?,19-,20?/m1/s1. The quantitative estimate of drug-likeness (QED) is 0.738. The minimum atomic E-state index is -0.808. The Bertz CT molecular complexity index is 636. The number of imide groups is 1. The third-order valence-corrected chi connectivity index (χ3v) is 7.82. The second-order valence-electron chi connectivity index (χ2n) is 9.99. The van der Waals surface area contributed by atoms with E-state index in [0.29, 0.717) is 6.54 Å². The van der Waals surface area contributed by atoms with Crippen LogP contribution in [-0.2, 0) is 9.59 Å². The summed E-state index contributed by atoms with van der Waals surface area (Å²) in [4.78, 5) is 38.5. The van der Waals surface area contributed by atoms with E-state index in [1.54, 1.807) is 6.92 Å². The van der Waals surface area contributed by atoms with Gasteiger partial charge in [0.25, 0.3) is 5.91 Å². The predicted molar refractivity (Wildman–Crippen MR) is 95.0 cm³/mol. The Hall–Kier alpha value is -1.59. The van der Waals surface area contributed by atoms with Gasteiger partial charge >= 0.3 is 6.03 Å². The van der Waals surface area contributed by atoms with E-state index in [-0.39, 0.29) is 29.7 Å². The summed E-state index contributed by atoms with van der Waals surface area (Å²) >= 11 is 0. The van der Waals surface area contributed by atoms with Crippen molar-refractivity contribution in [3.63, 3.8) is 0 Å². The average Bonchev–Trinajstić information content (AvgIpc) is 3.38. The molecule has 2 N–H and O–H groups in total. The van der Waals surface area contributed by atoms with Gasteiger partial charge in [0.15, 0.2) is 0 Å². The minimum absolute atomic E-state index is 0.153. The summed E-state index contributed by atoms with van der Waals surface area (Å²) in [5.41, 5.74) is -0.540. The fourth-order valence-electron chi connectivity index (χ4n) is 6.79.